The maximum atomic E-state index is 13.1. The number of carbonyl (C=O) groups excluding carboxylic acids is 1. The number of nitrogens with zero attached hydrogens (tertiary/aromatic N) is 4. The summed E-state index contributed by atoms with van der Waals surface area (Å²) >= 11 is 13.3. The third-order valence-electron chi connectivity index (χ3n) is 4.91. The van der Waals surface area contributed by atoms with Crippen molar-refractivity contribution in [3.8, 4) is 10.7 Å². The molecular formula is C20H18Cl2N4O3S2. The molecule has 4 rings (SSSR count). The third-order valence-corrected chi connectivity index (χ3v) is 8.70. The Balaban J connectivity index is 1.48. The van der Waals surface area contributed by atoms with Gasteiger partial charge < -0.3 is 4.90 Å². The standard InChI is InChI=1S/C20H18Cl2N4O3S2/c1-13-18(30-19(24-13)16-4-2-3-7-23-16)20(27)25-8-10-26(11-9-25)31(28,29)17-12-14(21)5-6-15(17)22/h2-7,12H,8-11H2,1H3. The summed E-state index contributed by atoms with van der Waals surface area (Å²) in [6, 6.07) is 9.87. The van der Waals surface area contributed by atoms with E-state index < -0.39 is 10.0 Å². The molecule has 0 spiro atoms. The van der Waals surface area contributed by atoms with Crippen molar-refractivity contribution in [2.24, 2.45) is 0 Å². The van der Waals surface area contributed by atoms with E-state index in [1.807, 2.05) is 18.2 Å². The van der Waals surface area contributed by atoms with Gasteiger partial charge in [0.15, 0.2) is 0 Å². The summed E-state index contributed by atoms with van der Waals surface area (Å²) in [4.78, 5) is 24.0. The molecule has 0 N–H and O–H groups in total. The molecule has 1 fully saturated rings. The lowest BCUT2D eigenvalue weighted by atomic mass is 10.3. The molecule has 1 aromatic carbocycles. The Kier molecular flexibility index (Phi) is 6.32. The van der Waals surface area contributed by atoms with Crippen LogP contribution in [0.25, 0.3) is 10.7 Å². The van der Waals surface area contributed by atoms with Crippen LogP contribution in [0.4, 0.5) is 0 Å². The number of pyridine rings is 1. The molecule has 31 heavy (non-hydrogen) atoms. The van der Waals surface area contributed by atoms with Gasteiger partial charge >= 0.3 is 0 Å². The molecule has 0 aliphatic carbocycles. The van der Waals surface area contributed by atoms with Crippen molar-refractivity contribution in [1.82, 2.24) is 19.2 Å². The van der Waals surface area contributed by atoms with Gasteiger partial charge in [0, 0.05) is 37.4 Å². The zero-order valence-corrected chi connectivity index (χ0v) is 19.6. The first-order chi connectivity index (χ1) is 14.8. The van der Waals surface area contributed by atoms with E-state index in [4.69, 9.17) is 23.2 Å². The van der Waals surface area contributed by atoms with E-state index in [-0.39, 0.29) is 42.0 Å². The zero-order chi connectivity index (χ0) is 22.2. The van der Waals surface area contributed by atoms with E-state index in [9.17, 15) is 13.2 Å². The molecule has 11 heteroatoms. The fourth-order valence-corrected chi connectivity index (χ4v) is 6.45. The lowest BCUT2D eigenvalue weighted by Crippen LogP contribution is -2.50. The van der Waals surface area contributed by atoms with Crippen LogP contribution in [-0.4, -0.2) is 59.7 Å². The third kappa shape index (κ3) is 4.47. The average molecular weight is 497 g/mol. The topological polar surface area (TPSA) is 83.5 Å². The number of rotatable bonds is 4. The van der Waals surface area contributed by atoms with Gasteiger partial charge in [0.25, 0.3) is 5.91 Å². The Morgan fingerprint density at radius 2 is 1.84 bits per heavy atom. The van der Waals surface area contributed by atoms with E-state index in [0.29, 0.717) is 26.3 Å². The van der Waals surface area contributed by atoms with Crippen LogP contribution < -0.4 is 0 Å². The molecule has 0 radical (unpaired) electrons. The minimum Gasteiger partial charge on any atom is -0.335 e. The van der Waals surface area contributed by atoms with Gasteiger partial charge in [-0.05, 0) is 37.3 Å². The molecule has 1 amide bonds. The molecule has 3 heterocycles. The monoisotopic (exact) mass is 496 g/mol. The first kappa shape index (κ1) is 22.2. The Morgan fingerprint density at radius 1 is 1.10 bits per heavy atom. The summed E-state index contributed by atoms with van der Waals surface area (Å²) in [5.74, 6) is -0.157. The second kappa shape index (κ2) is 8.84. The predicted octanol–water partition coefficient (Wildman–Crippen LogP) is 3.97. The van der Waals surface area contributed by atoms with Crippen LogP contribution in [0.1, 0.15) is 15.4 Å². The van der Waals surface area contributed by atoms with Crippen molar-refractivity contribution in [3.05, 3.63) is 63.2 Å². The molecule has 7 nitrogen and oxygen atoms in total. The van der Waals surface area contributed by atoms with Crippen molar-refractivity contribution < 1.29 is 13.2 Å². The van der Waals surface area contributed by atoms with E-state index in [1.54, 1.807) is 18.0 Å². The van der Waals surface area contributed by atoms with Crippen LogP contribution >= 0.6 is 34.5 Å². The first-order valence-electron chi connectivity index (χ1n) is 9.40. The molecule has 0 bridgehead atoms. The number of thiazole rings is 1. The highest BCUT2D eigenvalue weighted by molar-refractivity contribution is 7.89. The molecule has 0 saturated carbocycles. The van der Waals surface area contributed by atoms with Crippen LogP contribution in [0.3, 0.4) is 0 Å². The fraction of sp³-hybridized carbons (Fsp3) is 0.250. The number of halogens is 2. The van der Waals surface area contributed by atoms with Gasteiger partial charge in [0.2, 0.25) is 10.0 Å². The molecule has 0 unspecified atom stereocenters. The molecule has 2 aromatic heterocycles. The van der Waals surface area contributed by atoms with Gasteiger partial charge in [0.1, 0.15) is 14.8 Å². The number of aryl methyl sites for hydroxylation is 1. The number of carbonyl (C=O) groups is 1. The summed E-state index contributed by atoms with van der Waals surface area (Å²) in [5.41, 5.74) is 1.35. The number of aromatic nitrogens is 2. The molecule has 1 aliphatic heterocycles. The van der Waals surface area contributed by atoms with E-state index in [1.165, 1.54) is 33.8 Å². The molecular weight excluding hydrogens is 479 g/mol. The fourth-order valence-electron chi connectivity index (χ4n) is 3.28. The number of hydrogen-bond donors (Lipinski definition) is 0. The molecule has 162 valence electrons. The molecule has 1 aliphatic rings. The number of amides is 1. The Hall–Kier alpha value is -2.04. The zero-order valence-electron chi connectivity index (χ0n) is 16.5. The highest BCUT2D eigenvalue weighted by Crippen LogP contribution is 2.30. The van der Waals surface area contributed by atoms with Gasteiger partial charge in [0.05, 0.1) is 16.4 Å². The molecule has 3 aromatic rings. The summed E-state index contributed by atoms with van der Waals surface area (Å²) in [6.07, 6.45) is 1.68. The van der Waals surface area contributed by atoms with Crippen LogP contribution in [0, 0.1) is 6.92 Å². The number of hydrogen-bond acceptors (Lipinski definition) is 6. The maximum Gasteiger partial charge on any atom is 0.265 e. The number of piperazine rings is 1. The number of sulfonamides is 1. The van der Waals surface area contributed by atoms with Gasteiger partial charge in [-0.15, -0.1) is 11.3 Å². The normalized spacial score (nSPS) is 15.3. The largest absolute Gasteiger partial charge is 0.335 e. The Morgan fingerprint density at radius 3 is 2.52 bits per heavy atom. The Labute approximate surface area is 194 Å². The quantitative estimate of drug-likeness (QED) is 0.545. The Bertz CT molecular complexity index is 1220. The smallest absolute Gasteiger partial charge is 0.265 e. The van der Waals surface area contributed by atoms with Crippen LogP contribution in [-0.2, 0) is 10.0 Å². The van der Waals surface area contributed by atoms with Crippen LogP contribution in [0.2, 0.25) is 10.0 Å². The van der Waals surface area contributed by atoms with Crippen molar-refractivity contribution in [3.63, 3.8) is 0 Å². The van der Waals surface area contributed by atoms with E-state index >= 15 is 0 Å². The minimum absolute atomic E-state index is 0.0280. The summed E-state index contributed by atoms with van der Waals surface area (Å²) in [5, 5.41) is 1.09. The van der Waals surface area contributed by atoms with Crippen molar-refractivity contribution in [1.29, 1.82) is 0 Å². The SMILES string of the molecule is Cc1nc(-c2ccccn2)sc1C(=O)N1CCN(S(=O)(=O)c2cc(Cl)ccc2Cl)CC1. The van der Waals surface area contributed by atoms with Crippen LogP contribution in [0.15, 0.2) is 47.5 Å². The lowest BCUT2D eigenvalue weighted by Gasteiger charge is -2.34. The van der Waals surface area contributed by atoms with E-state index in [2.05, 4.69) is 9.97 Å². The van der Waals surface area contributed by atoms with Crippen molar-refractivity contribution in [2.45, 2.75) is 11.8 Å². The van der Waals surface area contributed by atoms with Crippen LogP contribution in [0.5, 0.6) is 0 Å². The minimum atomic E-state index is -3.81. The van der Waals surface area contributed by atoms with E-state index in [0.717, 1.165) is 0 Å². The highest BCUT2D eigenvalue weighted by Gasteiger charge is 2.33. The van der Waals surface area contributed by atoms with Gasteiger partial charge in [-0.25, -0.2) is 13.4 Å². The second-order valence-corrected chi connectivity index (χ2v) is 10.7. The van der Waals surface area contributed by atoms with Gasteiger partial charge in [-0.2, -0.15) is 4.31 Å². The predicted molar refractivity (Wildman–Crippen MR) is 121 cm³/mol. The van der Waals surface area contributed by atoms with Gasteiger partial charge in [-0.3, -0.25) is 9.78 Å². The average Bonchev–Trinajstić information content (AvgIpc) is 3.17. The maximum absolute atomic E-state index is 13.1. The molecule has 0 atom stereocenters. The van der Waals surface area contributed by atoms with Crippen molar-refractivity contribution in [2.75, 3.05) is 26.2 Å². The first-order valence-corrected chi connectivity index (χ1v) is 12.4. The summed E-state index contributed by atoms with van der Waals surface area (Å²) in [6.45, 7) is 2.67. The van der Waals surface area contributed by atoms with Crippen molar-refractivity contribution >= 4 is 50.5 Å². The second-order valence-electron chi connectivity index (χ2n) is 6.92. The summed E-state index contributed by atoms with van der Waals surface area (Å²) in [7, 11) is -3.81. The highest BCUT2D eigenvalue weighted by atomic mass is 35.5. The summed E-state index contributed by atoms with van der Waals surface area (Å²) < 4.78 is 27.3. The number of benzene rings is 1. The lowest BCUT2D eigenvalue weighted by molar-refractivity contribution is 0.0702. The molecule has 1 saturated heterocycles. The van der Waals surface area contributed by atoms with Gasteiger partial charge in [-0.1, -0.05) is 29.3 Å².